The van der Waals surface area contributed by atoms with Crippen LogP contribution < -0.4 is 16.3 Å². The number of hydrogen-bond donors (Lipinski definition) is 3. The van der Waals surface area contributed by atoms with Gasteiger partial charge in [-0.3, -0.25) is 13.9 Å². The number of aliphatic hydroxyl groups is 1. The van der Waals surface area contributed by atoms with Crippen LogP contribution in [0.25, 0.3) is 11.0 Å². The highest BCUT2D eigenvalue weighted by molar-refractivity contribution is 5.78. The number of β-amino-alcohol motifs (C(OH)–C–C–N with tert-alkyl or cyclic N) is 1. The third-order valence-corrected chi connectivity index (χ3v) is 4.80. The second-order valence-corrected chi connectivity index (χ2v) is 6.61. The molecule has 1 fully saturated rings. The van der Waals surface area contributed by atoms with Crippen LogP contribution in [0, 0.1) is 5.92 Å². The predicted molar refractivity (Wildman–Crippen MR) is 96.5 cm³/mol. The Kier molecular flexibility index (Phi) is 5.55. The molecule has 1 aliphatic heterocycles. The van der Waals surface area contributed by atoms with E-state index < -0.39 is 6.10 Å². The molecule has 1 saturated heterocycles. The van der Waals surface area contributed by atoms with E-state index in [2.05, 4.69) is 10.6 Å². The number of nitrogens with one attached hydrogen (secondary N) is 2. The summed E-state index contributed by atoms with van der Waals surface area (Å²) in [6.45, 7) is 4.81. The van der Waals surface area contributed by atoms with Crippen LogP contribution in [0.5, 0.6) is 0 Å². The van der Waals surface area contributed by atoms with E-state index in [0.717, 1.165) is 17.5 Å². The number of fused-ring (bicyclic) bond motifs is 1. The van der Waals surface area contributed by atoms with Crippen molar-refractivity contribution >= 4 is 16.9 Å². The number of para-hydroxylation sites is 2. The van der Waals surface area contributed by atoms with Gasteiger partial charge in [-0.25, -0.2) is 4.79 Å². The summed E-state index contributed by atoms with van der Waals surface area (Å²) in [7, 11) is 0. The van der Waals surface area contributed by atoms with Crippen LogP contribution in [-0.2, 0) is 17.9 Å². The monoisotopic (exact) mass is 346 g/mol. The zero-order chi connectivity index (χ0) is 17.8. The second-order valence-electron chi connectivity index (χ2n) is 6.61. The average molecular weight is 346 g/mol. The largest absolute Gasteiger partial charge is 0.391 e. The predicted octanol–water partition coefficient (Wildman–Crippen LogP) is 0.300. The molecule has 0 radical (unpaired) electrons. The summed E-state index contributed by atoms with van der Waals surface area (Å²) in [5, 5.41) is 15.7. The topological polar surface area (TPSA) is 88.3 Å². The fourth-order valence-electron chi connectivity index (χ4n) is 3.40. The van der Waals surface area contributed by atoms with Gasteiger partial charge in [-0.2, -0.15) is 0 Å². The van der Waals surface area contributed by atoms with Gasteiger partial charge in [0.1, 0.15) is 0 Å². The smallest absolute Gasteiger partial charge is 0.329 e. The average Bonchev–Trinajstić information content (AvgIpc) is 3.14. The van der Waals surface area contributed by atoms with Crippen molar-refractivity contribution in [3.8, 4) is 0 Å². The highest BCUT2D eigenvalue weighted by Crippen LogP contribution is 2.13. The van der Waals surface area contributed by atoms with E-state index in [1.807, 2.05) is 31.2 Å². The number of nitrogens with zero attached hydrogens (tertiary/aromatic N) is 2. The molecule has 1 amide bonds. The van der Waals surface area contributed by atoms with Crippen molar-refractivity contribution in [1.82, 2.24) is 19.8 Å². The van der Waals surface area contributed by atoms with Crippen molar-refractivity contribution in [3.05, 3.63) is 34.7 Å². The van der Waals surface area contributed by atoms with Crippen molar-refractivity contribution in [2.45, 2.75) is 39.0 Å². The van der Waals surface area contributed by atoms with Gasteiger partial charge in [-0.05, 0) is 18.6 Å². The number of carbonyl (C=O) groups is 1. The van der Waals surface area contributed by atoms with Crippen LogP contribution in [0.4, 0.5) is 0 Å². The minimum Gasteiger partial charge on any atom is -0.391 e. The molecular formula is C18H26N4O3. The summed E-state index contributed by atoms with van der Waals surface area (Å²) in [5.41, 5.74) is 1.71. The Balaban J connectivity index is 1.65. The molecule has 1 aliphatic rings. The maximum Gasteiger partial charge on any atom is 0.329 e. The Morgan fingerprint density at radius 1 is 1.24 bits per heavy atom. The maximum atomic E-state index is 12.7. The van der Waals surface area contributed by atoms with Gasteiger partial charge in [0, 0.05) is 45.1 Å². The van der Waals surface area contributed by atoms with Gasteiger partial charge in [0.15, 0.2) is 0 Å². The number of aliphatic hydroxyl groups excluding tert-OH is 1. The molecule has 2 atom stereocenters. The van der Waals surface area contributed by atoms with Gasteiger partial charge < -0.3 is 15.7 Å². The van der Waals surface area contributed by atoms with Crippen LogP contribution in [0.15, 0.2) is 29.1 Å². The van der Waals surface area contributed by atoms with Crippen LogP contribution >= 0.6 is 0 Å². The van der Waals surface area contributed by atoms with E-state index >= 15 is 0 Å². The Labute approximate surface area is 146 Å². The van der Waals surface area contributed by atoms with E-state index in [9.17, 15) is 14.7 Å². The minimum absolute atomic E-state index is 0.0538. The highest BCUT2D eigenvalue weighted by Gasteiger charge is 2.25. The van der Waals surface area contributed by atoms with Crippen LogP contribution in [-0.4, -0.2) is 45.9 Å². The summed E-state index contributed by atoms with van der Waals surface area (Å²) < 4.78 is 3.45. The normalized spacial score (nSPS) is 20.2. The van der Waals surface area contributed by atoms with E-state index in [0.29, 0.717) is 32.7 Å². The molecule has 0 spiro atoms. The number of amides is 1. The lowest BCUT2D eigenvalue weighted by Crippen LogP contribution is -2.35. The fourth-order valence-corrected chi connectivity index (χ4v) is 3.40. The number of rotatable bonds is 7. The summed E-state index contributed by atoms with van der Waals surface area (Å²) in [5.74, 6) is -0.0449. The van der Waals surface area contributed by atoms with Crippen molar-refractivity contribution in [1.29, 1.82) is 0 Å². The molecule has 3 N–H and O–H groups in total. The molecule has 1 aromatic carbocycles. The summed E-state index contributed by atoms with van der Waals surface area (Å²) >= 11 is 0. The Morgan fingerprint density at radius 2 is 1.92 bits per heavy atom. The first-order chi connectivity index (χ1) is 12.1. The first-order valence-electron chi connectivity index (χ1n) is 8.95. The molecule has 0 bridgehead atoms. The lowest BCUT2D eigenvalue weighted by atomic mass is 10.1. The van der Waals surface area contributed by atoms with Gasteiger partial charge in [0.25, 0.3) is 0 Å². The SMILES string of the molecule is CCCn1c(=O)n(CCC(=O)NCC2CNCC2O)c2ccccc21. The van der Waals surface area contributed by atoms with Crippen molar-refractivity contribution in [2.75, 3.05) is 19.6 Å². The molecule has 1 aromatic heterocycles. The summed E-state index contributed by atoms with van der Waals surface area (Å²) in [6, 6.07) is 7.69. The van der Waals surface area contributed by atoms with Gasteiger partial charge >= 0.3 is 5.69 Å². The Hall–Kier alpha value is -2.12. The second kappa shape index (κ2) is 7.84. The lowest BCUT2D eigenvalue weighted by Gasteiger charge is -2.14. The third kappa shape index (κ3) is 3.77. The molecule has 3 rings (SSSR count). The molecule has 136 valence electrons. The number of hydrogen-bond acceptors (Lipinski definition) is 4. The lowest BCUT2D eigenvalue weighted by molar-refractivity contribution is -0.121. The van der Waals surface area contributed by atoms with Crippen LogP contribution in [0.1, 0.15) is 19.8 Å². The van der Waals surface area contributed by atoms with E-state index in [1.165, 1.54) is 0 Å². The van der Waals surface area contributed by atoms with Crippen LogP contribution in [0.2, 0.25) is 0 Å². The minimum atomic E-state index is -0.407. The number of imidazole rings is 1. The van der Waals surface area contributed by atoms with Gasteiger partial charge in [-0.1, -0.05) is 19.1 Å². The first kappa shape index (κ1) is 17.7. The molecule has 7 nitrogen and oxygen atoms in total. The highest BCUT2D eigenvalue weighted by atomic mass is 16.3. The molecular weight excluding hydrogens is 320 g/mol. The number of aromatic nitrogens is 2. The Morgan fingerprint density at radius 3 is 2.52 bits per heavy atom. The Bertz CT molecular complexity index is 795. The first-order valence-corrected chi connectivity index (χ1v) is 8.95. The molecule has 0 saturated carbocycles. The zero-order valence-corrected chi connectivity index (χ0v) is 14.6. The number of benzene rings is 1. The van der Waals surface area contributed by atoms with E-state index in [1.54, 1.807) is 9.13 Å². The van der Waals surface area contributed by atoms with Crippen molar-refractivity contribution < 1.29 is 9.90 Å². The molecule has 2 aromatic rings. The number of carbonyl (C=O) groups excluding carboxylic acids is 1. The van der Waals surface area contributed by atoms with Gasteiger partial charge in [0.2, 0.25) is 5.91 Å². The van der Waals surface area contributed by atoms with Gasteiger partial charge in [-0.15, -0.1) is 0 Å². The number of aryl methyl sites for hydroxylation is 2. The zero-order valence-electron chi connectivity index (χ0n) is 14.6. The molecule has 7 heteroatoms. The standard InChI is InChI=1S/C18H26N4O3/c1-2-8-21-14-5-3-4-6-15(14)22(18(21)25)9-7-17(24)20-11-13-10-19-12-16(13)23/h3-6,13,16,19,23H,2,7-12H2,1H3,(H,20,24). The van der Waals surface area contributed by atoms with E-state index in [-0.39, 0.29) is 23.9 Å². The molecule has 2 unspecified atom stereocenters. The molecule has 0 aliphatic carbocycles. The van der Waals surface area contributed by atoms with Gasteiger partial charge in [0.05, 0.1) is 17.1 Å². The molecule has 25 heavy (non-hydrogen) atoms. The van der Waals surface area contributed by atoms with Crippen molar-refractivity contribution in [2.24, 2.45) is 5.92 Å². The summed E-state index contributed by atoms with van der Waals surface area (Å²) in [4.78, 5) is 24.8. The third-order valence-electron chi connectivity index (χ3n) is 4.80. The summed E-state index contributed by atoms with van der Waals surface area (Å²) in [6.07, 6.45) is 0.720. The fraction of sp³-hybridized carbons (Fsp3) is 0.556. The van der Waals surface area contributed by atoms with Crippen molar-refractivity contribution in [3.63, 3.8) is 0 Å². The van der Waals surface area contributed by atoms with E-state index in [4.69, 9.17) is 0 Å². The molecule has 2 heterocycles. The maximum absolute atomic E-state index is 12.7. The van der Waals surface area contributed by atoms with Crippen LogP contribution in [0.3, 0.4) is 0 Å². The quantitative estimate of drug-likeness (QED) is 0.673.